The molecule has 0 spiro atoms. The number of carbonyl (C=O) groups excluding carboxylic acids is 1. The first-order chi connectivity index (χ1) is 14.0. The second kappa shape index (κ2) is 8.90. The fourth-order valence-electron chi connectivity index (χ4n) is 3.58. The van der Waals surface area contributed by atoms with Gasteiger partial charge in [-0.05, 0) is 18.9 Å². The molecule has 2 fully saturated rings. The van der Waals surface area contributed by atoms with E-state index in [1.807, 2.05) is 0 Å². The molecule has 0 bridgehead atoms. The van der Waals surface area contributed by atoms with Crippen LogP contribution in [-0.4, -0.2) is 61.7 Å². The summed E-state index contributed by atoms with van der Waals surface area (Å²) in [5.74, 6) is -0.243. The quantitative estimate of drug-likeness (QED) is 0.709. The Morgan fingerprint density at radius 1 is 1.17 bits per heavy atom. The Hall–Kier alpha value is -1.82. The molecule has 2 aromatic rings. The van der Waals surface area contributed by atoms with Crippen LogP contribution in [0.3, 0.4) is 0 Å². The fraction of sp³-hybridized carbons (Fsp3) is 0.611. The Balaban J connectivity index is 1.46. The number of ether oxygens (including phenoxy) is 1. The maximum absolute atomic E-state index is 12.7. The van der Waals surface area contributed by atoms with E-state index < -0.39 is 10.0 Å². The van der Waals surface area contributed by atoms with Gasteiger partial charge >= 0.3 is 11.8 Å². The van der Waals surface area contributed by atoms with Crippen molar-refractivity contribution < 1.29 is 22.5 Å². The molecule has 158 valence electrons. The maximum atomic E-state index is 12.7. The molecule has 29 heavy (non-hydrogen) atoms. The van der Waals surface area contributed by atoms with E-state index in [0.29, 0.717) is 31.9 Å². The minimum Gasteiger partial charge on any atom is -0.378 e. The van der Waals surface area contributed by atoms with E-state index in [4.69, 9.17) is 9.26 Å². The molecule has 9 nitrogen and oxygen atoms in total. The van der Waals surface area contributed by atoms with Crippen LogP contribution in [0.25, 0.3) is 11.4 Å². The van der Waals surface area contributed by atoms with Gasteiger partial charge in [0.2, 0.25) is 15.8 Å². The van der Waals surface area contributed by atoms with Gasteiger partial charge in [-0.25, -0.2) is 13.1 Å². The monoisotopic (exact) mass is 440 g/mol. The summed E-state index contributed by atoms with van der Waals surface area (Å²) in [6, 6.07) is 1.51. The van der Waals surface area contributed by atoms with Crippen LogP contribution in [0.4, 0.5) is 0 Å². The minimum absolute atomic E-state index is 0.0176. The lowest BCUT2D eigenvalue weighted by atomic mass is 10.1. The molecular weight excluding hydrogens is 416 g/mol. The average molecular weight is 441 g/mol. The molecule has 0 atom stereocenters. The zero-order valence-corrected chi connectivity index (χ0v) is 17.6. The highest BCUT2D eigenvalue weighted by molar-refractivity contribution is 7.91. The van der Waals surface area contributed by atoms with Crippen molar-refractivity contribution in [3.8, 4) is 11.4 Å². The van der Waals surface area contributed by atoms with Gasteiger partial charge < -0.3 is 14.2 Å². The Morgan fingerprint density at radius 3 is 2.62 bits per heavy atom. The average Bonchev–Trinajstić information content (AvgIpc) is 3.34. The number of hydrogen-bond donors (Lipinski definition) is 1. The van der Waals surface area contributed by atoms with Crippen molar-refractivity contribution in [1.29, 1.82) is 0 Å². The number of thiophene rings is 1. The summed E-state index contributed by atoms with van der Waals surface area (Å²) < 4.78 is 38.9. The first-order valence-corrected chi connectivity index (χ1v) is 12.2. The standard InChI is InChI=1S/C18H24N4O5S2/c23-18(22-7-9-26-10-8-22)17-19-16(20-27-17)13-11-15(28-12-13)29(24,25)21-14-5-3-1-2-4-6-14/h11-12,14,21H,1-10H2. The van der Waals surface area contributed by atoms with E-state index in [2.05, 4.69) is 14.9 Å². The first-order valence-electron chi connectivity index (χ1n) is 9.85. The summed E-state index contributed by atoms with van der Waals surface area (Å²) >= 11 is 1.11. The molecular formula is C18H24N4O5S2. The zero-order chi connectivity index (χ0) is 20.3. The highest BCUT2D eigenvalue weighted by atomic mass is 32.2. The Bertz CT molecular complexity index is 941. The molecule has 1 saturated heterocycles. The normalized spacial score (nSPS) is 19.2. The Labute approximate surface area is 173 Å². The van der Waals surface area contributed by atoms with Crippen LogP contribution in [0.15, 0.2) is 20.2 Å². The molecule has 0 unspecified atom stereocenters. The van der Waals surface area contributed by atoms with E-state index in [1.54, 1.807) is 10.3 Å². The van der Waals surface area contributed by atoms with E-state index in [-0.39, 0.29) is 27.9 Å². The molecule has 11 heteroatoms. The number of sulfonamides is 1. The SMILES string of the molecule is O=C(c1nc(-c2csc(S(=O)(=O)NC3CCCCCC3)c2)no1)N1CCOCC1. The van der Waals surface area contributed by atoms with Gasteiger partial charge in [-0.2, -0.15) is 4.98 Å². The van der Waals surface area contributed by atoms with Gasteiger partial charge in [0.25, 0.3) is 0 Å². The van der Waals surface area contributed by atoms with Crippen molar-refractivity contribution in [3.05, 3.63) is 17.3 Å². The summed E-state index contributed by atoms with van der Waals surface area (Å²) in [5, 5.41) is 5.51. The van der Waals surface area contributed by atoms with Gasteiger partial charge in [0.1, 0.15) is 4.21 Å². The van der Waals surface area contributed by atoms with E-state index in [9.17, 15) is 13.2 Å². The van der Waals surface area contributed by atoms with E-state index in [1.165, 1.54) is 6.07 Å². The third-order valence-corrected chi connectivity index (χ3v) is 8.14. The van der Waals surface area contributed by atoms with Crippen LogP contribution in [0, 0.1) is 0 Å². The summed E-state index contributed by atoms with van der Waals surface area (Å²) in [4.78, 5) is 18.2. The molecule has 4 rings (SSSR count). The van der Waals surface area contributed by atoms with Crippen LogP contribution >= 0.6 is 11.3 Å². The molecule has 2 aliphatic rings. The summed E-state index contributed by atoms with van der Waals surface area (Å²) in [6.45, 7) is 1.91. The predicted octanol–water partition coefficient (Wildman–Crippen LogP) is 2.27. The second-order valence-corrected chi connectivity index (χ2v) is 10.1. The van der Waals surface area contributed by atoms with Crippen molar-refractivity contribution >= 4 is 27.3 Å². The van der Waals surface area contributed by atoms with Gasteiger partial charge in [-0.15, -0.1) is 11.3 Å². The van der Waals surface area contributed by atoms with Crippen LogP contribution in [0.2, 0.25) is 0 Å². The zero-order valence-electron chi connectivity index (χ0n) is 16.0. The number of hydrogen-bond acceptors (Lipinski definition) is 8. The van der Waals surface area contributed by atoms with Crippen LogP contribution in [-0.2, 0) is 14.8 Å². The van der Waals surface area contributed by atoms with Gasteiger partial charge in [-0.1, -0.05) is 30.8 Å². The minimum atomic E-state index is -3.60. The molecule has 0 radical (unpaired) electrons. The molecule has 3 heterocycles. The first kappa shape index (κ1) is 20.5. The third-order valence-electron chi connectivity index (χ3n) is 5.18. The maximum Gasteiger partial charge on any atom is 0.316 e. The lowest BCUT2D eigenvalue weighted by Gasteiger charge is -2.25. The summed E-state index contributed by atoms with van der Waals surface area (Å²) in [7, 11) is -3.60. The number of carbonyl (C=O) groups is 1. The van der Waals surface area contributed by atoms with Gasteiger partial charge in [0, 0.05) is 30.1 Å². The smallest absolute Gasteiger partial charge is 0.316 e. The largest absolute Gasteiger partial charge is 0.378 e. The topological polar surface area (TPSA) is 115 Å². The Morgan fingerprint density at radius 2 is 1.90 bits per heavy atom. The van der Waals surface area contributed by atoms with Gasteiger partial charge in [0.15, 0.2) is 0 Å². The van der Waals surface area contributed by atoms with Crippen molar-refractivity contribution in [3.63, 3.8) is 0 Å². The number of morpholine rings is 1. The predicted molar refractivity (Wildman–Crippen MR) is 106 cm³/mol. The second-order valence-electron chi connectivity index (χ2n) is 7.29. The fourth-order valence-corrected chi connectivity index (χ4v) is 6.06. The van der Waals surface area contributed by atoms with Crippen LogP contribution < -0.4 is 4.72 Å². The van der Waals surface area contributed by atoms with Gasteiger partial charge in [-0.3, -0.25) is 4.79 Å². The number of rotatable bonds is 5. The summed E-state index contributed by atoms with van der Waals surface area (Å²) in [5.41, 5.74) is 0.515. The molecule has 1 aliphatic heterocycles. The number of aromatic nitrogens is 2. The molecule has 1 amide bonds. The highest BCUT2D eigenvalue weighted by Crippen LogP contribution is 2.28. The molecule has 0 aromatic carbocycles. The van der Waals surface area contributed by atoms with Crippen molar-refractivity contribution in [2.75, 3.05) is 26.3 Å². The third kappa shape index (κ3) is 4.85. The lowest BCUT2D eigenvalue weighted by Crippen LogP contribution is -2.40. The number of amides is 1. The molecule has 1 N–H and O–H groups in total. The van der Waals surface area contributed by atoms with Crippen molar-refractivity contribution in [2.24, 2.45) is 0 Å². The van der Waals surface area contributed by atoms with Crippen LogP contribution in [0.1, 0.15) is 49.2 Å². The van der Waals surface area contributed by atoms with Gasteiger partial charge in [0.05, 0.1) is 13.2 Å². The van der Waals surface area contributed by atoms with E-state index in [0.717, 1.165) is 49.9 Å². The molecule has 1 aliphatic carbocycles. The van der Waals surface area contributed by atoms with E-state index >= 15 is 0 Å². The van der Waals surface area contributed by atoms with Crippen molar-refractivity contribution in [1.82, 2.24) is 19.8 Å². The molecule has 2 aromatic heterocycles. The Kier molecular flexibility index (Phi) is 6.28. The number of nitrogens with one attached hydrogen (secondary N) is 1. The van der Waals surface area contributed by atoms with Crippen LogP contribution in [0.5, 0.6) is 0 Å². The molecule has 1 saturated carbocycles. The lowest BCUT2D eigenvalue weighted by molar-refractivity contribution is 0.0272. The summed E-state index contributed by atoms with van der Waals surface area (Å²) in [6.07, 6.45) is 6.15. The number of nitrogens with zero attached hydrogens (tertiary/aromatic N) is 3. The van der Waals surface area contributed by atoms with Crippen molar-refractivity contribution in [2.45, 2.75) is 48.8 Å². The highest BCUT2D eigenvalue weighted by Gasteiger charge is 2.26.